The molecule has 1 unspecified atom stereocenters. The van der Waals surface area contributed by atoms with Crippen LogP contribution in [-0.4, -0.2) is 53.0 Å². The van der Waals surface area contributed by atoms with E-state index in [9.17, 15) is 14.7 Å². The van der Waals surface area contributed by atoms with Crippen LogP contribution in [0, 0.1) is 13.8 Å². The number of Topliss-reactive ketones (excluding diaryl/α,β-unsaturated/α-hetero) is 1. The highest BCUT2D eigenvalue weighted by atomic mass is 16.5. The Morgan fingerprint density at radius 1 is 1.19 bits per heavy atom. The van der Waals surface area contributed by atoms with Gasteiger partial charge < -0.3 is 19.5 Å². The minimum atomic E-state index is -0.720. The van der Waals surface area contributed by atoms with Gasteiger partial charge in [0.05, 0.1) is 30.4 Å². The van der Waals surface area contributed by atoms with Gasteiger partial charge in [-0.15, -0.1) is 0 Å². The number of hydrogen-bond acceptors (Lipinski definition) is 6. The molecule has 1 aromatic heterocycles. The maximum Gasteiger partial charge on any atom is 0.295 e. The molecule has 170 valence electrons. The van der Waals surface area contributed by atoms with Gasteiger partial charge in [-0.25, -0.2) is 0 Å². The monoisotopic (exact) mass is 438 g/mol. The number of pyridine rings is 1. The predicted molar refractivity (Wildman–Crippen MR) is 121 cm³/mol. The number of ketones is 1. The second-order valence-electron chi connectivity index (χ2n) is 8.21. The fourth-order valence-electron chi connectivity index (χ4n) is 4.10. The topological polar surface area (TPSA) is 89.0 Å². The zero-order valence-electron chi connectivity index (χ0n) is 19.2. The summed E-state index contributed by atoms with van der Waals surface area (Å²) in [5, 5.41) is 11.3. The minimum absolute atomic E-state index is 0.0503. The van der Waals surface area contributed by atoms with Gasteiger partial charge in [0, 0.05) is 25.5 Å². The van der Waals surface area contributed by atoms with Crippen molar-refractivity contribution in [3.63, 3.8) is 0 Å². The van der Waals surface area contributed by atoms with E-state index in [4.69, 9.17) is 9.47 Å². The van der Waals surface area contributed by atoms with E-state index in [0.29, 0.717) is 36.4 Å². The van der Waals surface area contributed by atoms with Crippen LogP contribution in [-0.2, 0) is 14.3 Å². The van der Waals surface area contributed by atoms with Gasteiger partial charge in [0.15, 0.2) is 0 Å². The first-order valence-corrected chi connectivity index (χ1v) is 10.7. The van der Waals surface area contributed by atoms with Crippen molar-refractivity contribution in [3.8, 4) is 5.75 Å². The van der Waals surface area contributed by atoms with E-state index >= 15 is 0 Å². The van der Waals surface area contributed by atoms with E-state index in [1.807, 2.05) is 33.8 Å². The first-order chi connectivity index (χ1) is 15.3. The quantitative estimate of drug-likeness (QED) is 0.291. The van der Waals surface area contributed by atoms with Crippen LogP contribution >= 0.6 is 0 Å². The number of likely N-dealkylation sites (tertiary alicyclic amines) is 1. The molecule has 0 radical (unpaired) electrons. The number of aliphatic hydroxyl groups excluding tert-OH is 1. The molecule has 1 aromatic carbocycles. The summed E-state index contributed by atoms with van der Waals surface area (Å²) in [6, 6.07) is 6.47. The highest BCUT2D eigenvalue weighted by Crippen LogP contribution is 2.41. The van der Waals surface area contributed by atoms with Crippen molar-refractivity contribution in [3.05, 3.63) is 64.5 Å². The molecule has 0 saturated carbocycles. The lowest BCUT2D eigenvalue weighted by Gasteiger charge is -2.25. The highest BCUT2D eigenvalue weighted by molar-refractivity contribution is 6.46. The molecule has 32 heavy (non-hydrogen) atoms. The Morgan fingerprint density at radius 3 is 2.50 bits per heavy atom. The summed E-state index contributed by atoms with van der Waals surface area (Å²) < 4.78 is 11.1. The number of methoxy groups -OCH3 is 1. The number of amides is 1. The molecule has 2 heterocycles. The number of aryl methyl sites for hydroxylation is 2. The molecule has 1 fully saturated rings. The molecule has 3 rings (SSSR count). The van der Waals surface area contributed by atoms with Crippen LogP contribution in [0.5, 0.6) is 5.75 Å². The number of carbonyl (C=O) groups excluding carboxylic acids is 2. The smallest absolute Gasteiger partial charge is 0.295 e. The van der Waals surface area contributed by atoms with E-state index in [0.717, 1.165) is 11.1 Å². The summed E-state index contributed by atoms with van der Waals surface area (Å²) in [4.78, 5) is 31.7. The second kappa shape index (κ2) is 9.96. The summed E-state index contributed by atoms with van der Waals surface area (Å²) in [6.45, 7) is 8.45. The molecule has 0 aliphatic carbocycles. The van der Waals surface area contributed by atoms with Gasteiger partial charge in [-0.05, 0) is 69.0 Å². The highest BCUT2D eigenvalue weighted by Gasteiger charge is 2.46. The minimum Gasteiger partial charge on any atom is -0.507 e. The molecule has 1 aliphatic heterocycles. The van der Waals surface area contributed by atoms with Crippen LogP contribution in [0.2, 0.25) is 0 Å². The van der Waals surface area contributed by atoms with E-state index < -0.39 is 17.7 Å². The molecule has 1 N–H and O–H groups in total. The van der Waals surface area contributed by atoms with Gasteiger partial charge in [0.25, 0.3) is 11.7 Å². The number of benzene rings is 1. The number of carbonyl (C=O) groups is 2. The summed E-state index contributed by atoms with van der Waals surface area (Å²) in [6.07, 6.45) is 3.86. The number of rotatable bonds is 8. The van der Waals surface area contributed by atoms with Gasteiger partial charge in [0.1, 0.15) is 11.5 Å². The Balaban J connectivity index is 2.11. The number of ether oxygens (including phenoxy) is 2. The molecule has 2 aromatic rings. The first kappa shape index (κ1) is 23.5. The fraction of sp³-hybridized carbons (Fsp3) is 0.400. The summed E-state index contributed by atoms with van der Waals surface area (Å²) >= 11 is 0. The molecule has 7 nitrogen and oxygen atoms in total. The summed E-state index contributed by atoms with van der Waals surface area (Å²) in [5.74, 6) is -1.12. The summed E-state index contributed by atoms with van der Waals surface area (Å²) in [7, 11) is 1.52. The Bertz CT molecular complexity index is 1030. The molecule has 0 spiro atoms. The lowest BCUT2D eigenvalue weighted by atomic mass is 9.94. The number of hydrogen-bond donors (Lipinski definition) is 1. The van der Waals surface area contributed by atoms with Crippen LogP contribution in [0.25, 0.3) is 5.76 Å². The number of aromatic nitrogens is 1. The van der Waals surface area contributed by atoms with E-state index in [1.54, 1.807) is 30.6 Å². The Morgan fingerprint density at radius 2 is 1.88 bits per heavy atom. The van der Waals surface area contributed by atoms with Crippen LogP contribution < -0.4 is 4.74 Å². The molecular weight excluding hydrogens is 408 g/mol. The number of aliphatic hydroxyl groups is 1. The van der Waals surface area contributed by atoms with Gasteiger partial charge >= 0.3 is 0 Å². The van der Waals surface area contributed by atoms with Crippen molar-refractivity contribution in [1.82, 2.24) is 9.88 Å². The van der Waals surface area contributed by atoms with E-state index in [1.165, 1.54) is 12.0 Å². The predicted octanol–water partition coefficient (Wildman–Crippen LogP) is 3.94. The van der Waals surface area contributed by atoms with Crippen molar-refractivity contribution in [2.24, 2.45) is 0 Å². The maximum atomic E-state index is 13.1. The van der Waals surface area contributed by atoms with Crippen molar-refractivity contribution < 1.29 is 24.2 Å². The van der Waals surface area contributed by atoms with Crippen LogP contribution in [0.4, 0.5) is 0 Å². The maximum absolute atomic E-state index is 13.1. The van der Waals surface area contributed by atoms with Crippen molar-refractivity contribution in [1.29, 1.82) is 0 Å². The molecule has 0 bridgehead atoms. The number of nitrogens with zero attached hydrogens (tertiary/aromatic N) is 2. The Hall–Kier alpha value is -3.19. The molecule has 1 aliphatic rings. The third-order valence-corrected chi connectivity index (χ3v) is 5.43. The fourth-order valence-corrected chi connectivity index (χ4v) is 4.10. The standard InChI is InChI=1S/C25H30N2O5/c1-15(2)32-12-6-11-27-21(18-7-9-26-10-8-18)20(23(29)25(27)30)22(28)19-14-16(3)13-17(4)24(19)31-5/h7-10,13-15,21,28H,6,11-12H2,1-5H3/b22-20+. The second-order valence-corrected chi connectivity index (χ2v) is 8.21. The molecule has 7 heteroatoms. The Kier molecular flexibility index (Phi) is 7.30. The van der Waals surface area contributed by atoms with Crippen molar-refractivity contribution >= 4 is 17.4 Å². The molecular formula is C25H30N2O5. The summed E-state index contributed by atoms with van der Waals surface area (Å²) in [5.41, 5.74) is 2.88. The van der Waals surface area contributed by atoms with Gasteiger partial charge in [-0.2, -0.15) is 0 Å². The average molecular weight is 439 g/mol. The molecule has 1 amide bonds. The van der Waals surface area contributed by atoms with Crippen LogP contribution in [0.3, 0.4) is 0 Å². The third kappa shape index (κ3) is 4.67. The lowest BCUT2D eigenvalue weighted by molar-refractivity contribution is -0.140. The lowest BCUT2D eigenvalue weighted by Crippen LogP contribution is -2.31. The zero-order valence-corrected chi connectivity index (χ0v) is 19.2. The zero-order chi connectivity index (χ0) is 23.4. The normalized spacial score (nSPS) is 17.9. The van der Waals surface area contributed by atoms with Gasteiger partial charge in [-0.3, -0.25) is 14.6 Å². The molecule has 1 atom stereocenters. The SMILES string of the molecule is COc1c(C)cc(C)cc1/C(O)=C1\C(=O)C(=O)N(CCCOC(C)C)C1c1ccncc1. The van der Waals surface area contributed by atoms with Crippen LogP contribution in [0.15, 0.2) is 42.2 Å². The third-order valence-electron chi connectivity index (χ3n) is 5.43. The first-order valence-electron chi connectivity index (χ1n) is 10.7. The van der Waals surface area contributed by atoms with Gasteiger partial charge in [-0.1, -0.05) is 6.07 Å². The van der Waals surface area contributed by atoms with E-state index in [-0.39, 0.29) is 17.4 Å². The van der Waals surface area contributed by atoms with Crippen molar-refractivity contribution in [2.75, 3.05) is 20.3 Å². The van der Waals surface area contributed by atoms with Gasteiger partial charge in [0.2, 0.25) is 0 Å². The Labute approximate surface area is 188 Å². The largest absolute Gasteiger partial charge is 0.507 e. The van der Waals surface area contributed by atoms with Crippen LogP contribution in [0.1, 0.15) is 48.6 Å². The van der Waals surface area contributed by atoms with Crippen molar-refractivity contribution in [2.45, 2.75) is 46.3 Å². The van der Waals surface area contributed by atoms with E-state index in [2.05, 4.69) is 4.98 Å². The molecule has 1 saturated heterocycles. The average Bonchev–Trinajstić information content (AvgIpc) is 3.01.